The lowest BCUT2D eigenvalue weighted by Gasteiger charge is -2.33. The van der Waals surface area contributed by atoms with Gasteiger partial charge in [0.05, 0.1) is 21.9 Å². The second-order valence-corrected chi connectivity index (χ2v) is 9.74. The molecule has 0 radical (unpaired) electrons. The lowest BCUT2D eigenvalue weighted by Crippen LogP contribution is -2.47. The van der Waals surface area contributed by atoms with E-state index in [0.29, 0.717) is 56.9 Å². The van der Waals surface area contributed by atoms with Crippen molar-refractivity contribution in [2.75, 3.05) is 29.0 Å². The second kappa shape index (κ2) is 10.4. The number of carbonyl (C=O) groups excluding carboxylic acids is 1. The number of urea groups is 1. The minimum Gasteiger partial charge on any atom is -0.350 e. The number of hydrogen-bond acceptors (Lipinski definition) is 6. The molecule has 0 unspecified atom stereocenters. The van der Waals surface area contributed by atoms with E-state index in [2.05, 4.69) is 30.9 Å². The highest BCUT2D eigenvalue weighted by Gasteiger charge is 2.24. The Morgan fingerprint density at radius 1 is 1.08 bits per heavy atom. The number of carbonyl (C=O) groups is 1. The molecule has 0 saturated carbocycles. The molecule has 5 rings (SSSR count). The molecule has 3 heterocycles. The van der Waals surface area contributed by atoms with E-state index in [1.54, 1.807) is 27.8 Å². The number of para-hydroxylation sites is 1. The fraction of sp³-hybridized carbons (Fsp3) is 0.250. The molecule has 1 aliphatic rings. The summed E-state index contributed by atoms with van der Waals surface area (Å²) >= 11 is 18.6. The van der Waals surface area contributed by atoms with Crippen molar-refractivity contribution in [2.45, 2.75) is 18.9 Å². The Labute approximate surface area is 222 Å². The van der Waals surface area contributed by atoms with Crippen molar-refractivity contribution in [1.29, 1.82) is 0 Å². The van der Waals surface area contributed by atoms with Crippen LogP contribution in [0.1, 0.15) is 12.8 Å². The number of piperidine rings is 1. The quantitative estimate of drug-likeness (QED) is 0.277. The van der Waals surface area contributed by atoms with Crippen molar-refractivity contribution in [1.82, 2.24) is 24.4 Å². The fourth-order valence-electron chi connectivity index (χ4n) is 4.12. The summed E-state index contributed by atoms with van der Waals surface area (Å²) in [4.78, 5) is 28.2. The van der Waals surface area contributed by atoms with Gasteiger partial charge in [-0.1, -0.05) is 53.0 Å². The Bertz CT molecular complexity index is 1390. The molecule has 2 aromatic heterocycles. The van der Waals surface area contributed by atoms with Crippen molar-refractivity contribution < 1.29 is 4.79 Å². The molecule has 0 spiro atoms. The highest BCUT2D eigenvalue weighted by Crippen LogP contribution is 2.36. The average Bonchev–Trinajstić information content (AvgIpc) is 3.17. The first kappa shape index (κ1) is 24.4. The van der Waals surface area contributed by atoms with E-state index in [1.165, 1.54) is 0 Å². The van der Waals surface area contributed by atoms with Crippen molar-refractivity contribution in [3.63, 3.8) is 0 Å². The standard InChI is InChI=1S/C24H23Cl3N8O/c1-34-21-19(31-23(34)32-20-17(26)10-14(25)11-18(20)27)12-28-22(33-21)29-16-8-5-9-35(13-16)24(36)30-15-6-3-2-4-7-15/h2-4,6-7,10-12,16H,5,8-9,13H2,1H3,(H,30,36)(H,31,32)(H,28,29,33)/t16-/m1/s1. The summed E-state index contributed by atoms with van der Waals surface area (Å²) < 4.78 is 1.80. The third-order valence-corrected chi connectivity index (χ3v) is 6.74. The van der Waals surface area contributed by atoms with E-state index in [1.807, 2.05) is 37.4 Å². The molecule has 2 aromatic carbocycles. The monoisotopic (exact) mass is 544 g/mol. The molecule has 12 heteroatoms. The summed E-state index contributed by atoms with van der Waals surface area (Å²) in [5.74, 6) is 0.971. The fourth-order valence-corrected chi connectivity index (χ4v) is 5.03. The van der Waals surface area contributed by atoms with Crippen molar-refractivity contribution in [3.8, 4) is 0 Å². The SMILES string of the molecule is Cn1c(Nc2c(Cl)cc(Cl)cc2Cl)nc2cnc(N[C@@H]3CCCN(C(=O)Nc4ccccc4)C3)nc21. The van der Waals surface area contributed by atoms with Gasteiger partial charge in [0.2, 0.25) is 11.9 Å². The van der Waals surface area contributed by atoms with Crippen LogP contribution in [-0.4, -0.2) is 49.6 Å². The number of aryl methyl sites for hydroxylation is 1. The third kappa shape index (κ3) is 5.28. The first-order valence-electron chi connectivity index (χ1n) is 11.4. The number of nitrogens with zero attached hydrogens (tertiary/aromatic N) is 5. The van der Waals surface area contributed by atoms with Gasteiger partial charge in [0.25, 0.3) is 0 Å². The molecule has 4 aromatic rings. The highest BCUT2D eigenvalue weighted by atomic mass is 35.5. The van der Waals surface area contributed by atoms with Gasteiger partial charge in [-0.3, -0.25) is 4.57 Å². The topological polar surface area (TPSA) is 100 Å². The zero-order chi connectivity index (χ0) is 25.2. The largest absolute Gasteiger partial charge is 0.350 e. The molecule has 0 bridgehead atoms. The normalized spacial score (nSPS) is 15.7. The first-order chi connectivity index (χ1) is 17.4. The van der Waals surface area contributed by atoms with Gasteiger partial charge in [0.15, 0.2) is 5.65 Å². The predicted molar refractivity (Wildman–Crippen MR) is 145 cm³/mol. The minimum atomic E-state index is -0.119. The summed E-state index contributed by atoms with van der Waals surface area (Å²) in [5.41, 5.74) is 2.52. The van der Waals surface area contributed by atoms with E-state index >= 15 is 0 Å². The number of anilines is 4. The molecule has 2 amide bonds. The number of fused-ring (bicyclic) bond motifs is 1. The van der Waals surface area contributed by atoms with Gasteiger partial charge < -0.3 is 20.9 Å². The lowest BCUT2D eigenvalue weighted by atomic mass is 10.1. The number of rotatable bonds is 5. The van der Waals surface area contributed by atoms with Crippen LogP contribution in [0, 0.1) is 0 Å². The summed E-state index contributed by atoms with van der Waals surface area (Å²) in [7, 11) is 1.84. The number of aromatic nitrogens is 4. The zero-order valence-corrected chi connectivity index (χ0v) is 21.6. The van der Waals surface area contributed by atoms with Crippen LogP contribution in [0.3, 0.4) is 0 Å². The highest BCUT2D eigenvalue weighted by molar-refractivity contribution is 6.41. The van der Waals surface area contributed by atoms with Gasteiger partial charge in [-0.25, -0.2) is 14.8 Å². The predicted octanol–water partition coefficient (Wildman–Crippen LogP) is 6.18. The van der Waals surface area contributed by atoms with Crippen molar-refractivity contribution in [3.05, 3.63) is 63.7 Å². The Morgan fingerprint density at radius 2 is 1.83 bits per heavy atom. The smallest absolute Gasteiger partial charge is 0.321 e. The van der Waals surface area contributed by atoms with Gasteiger partial charge >= 0.3 is 6.03 Å². The van der Waals surface area contributed by atoms with E-state index in [-0.39, 0.29) is 12.1 Å². The van der Waals surface area contributed by atoms with Crippen LogP contribution in [-0.2, 0) is 7.05 Å². The summed E-state index contributed by atoms with van der Waals surface area (Å²) in [6.07, 6.45) is 3.44. The summed E-state index contributed by atoms with van der Waals surface area (Å²) in [6, 6.07) is 12.5. The van der Waals surface area contributed by atoms with E-state index in [9.17, 15) is 4.79 Å². The molecule has 3 N–H and O–H groups in total. The van der Waals surface area contributed by atoms with Crippen molar-refractivity contribution >= 4 is 75.3 Å². The molecule has 0 aliphatic carbocycles. The van der Waals surface area contributed by atoms with Crippen LogP contribution in [0.4, 0.5) is 28.1 Å². The maximum absolute atomic E-state index is 12.7. The van der Waals surface area contributed by atoms with Gasteiger partial charge in [-0.05, 0) is 37.1 Å². The molecule has 1 aliphatic heterocycles. The molecule has 1 saturated heterocycles. The Morgan fingerprint density at radius 3 is 2.58 bits per heavy atom. The van der Waals surface area contributed by atoms with E-state index < -0.39 is 0 Å². The summed E-state index contributed by atoms with van der Waals surface area (Å²) in [6.45, 7) is 1.25. The number of hydrogen-bond donors (Lipinski definition) is 3. The maximum Gasteiger partial charge on any atom is 0.321 e. The first-order valence-corrected chi connectivity index (χ1v) is 12.5. The van der Waals surface area contributed by atoms with Gasteiger partial charge in [-0.15, -0.1) is 0 Å². The Hall–Kier alpha value is -3.27. The van der Waals surface area contributed by atoms with Crippen molar-refractivity contribution in [2.24, 2.45) is 7.05 Å². The lowest BCUT2D eigenvalue weighted by molar-refractivity contribution is 0.196. The van der Waals surface area contributed by atoms with Crippen LogP contribution in [0.15, 0.2) is 48.7 Å². The molecule has 1 atom stereocenters. The number of benzene rings is 2. The van der Waals surface area contributed by atoms with Crippen LogP contribution >= 0.6 is 34.8 Å². The number of imidazole rings is 1. The van der Waals surface area contributed by atoms with Gasteiger partial charge in [-0.2, -0.15) is 4.98 Å². The van der Waals surface area contributed by atoms with Gasteiger partial charge in [0, 0.05) is 36.9 Å². The molecule has 36 heavy (non-hydrogen) atoms. The van der Waals surface area contributed by atoms with Crippen LogP contribution in [0.2, 0.25) is 15.1 Å². The number of nitrogens with one attached hydrogen (secondary N) is 3. The molecule has 186 valence electrons. The zero-order valence-electron chi connectivity index (χ0n) is 19.3. The molecule has 9 nitrogen and oxygen atoms in total. The molecular formula is C24H23Cl3N8O. The van der Waals surface area contributed by atoms with Crippen LogP contribution in [0.25, 0.3) is 11.2 Å². The summed E-state index contributed by atoms with van der Waals surface area (Å²) in [5, 5.41) is 10.7. The van der Waals surface area contributed by atoms with E-state index in [4.69, 9.17) is 34.8 Å². The number of amides is 2. The number of halogens is 3. The number of likely N-dealkylation sites (tertiary alicyclic amines) is 1. The Kier molecular flexibility index (Phi) is 7.04. The molecular weight excluding hydrogens is 523 g/mol. The Balaban J connectivity index is 1.29. The minimum absolute atomic E-state index is 0.0234. The van der Waals surface area contributed by atoms with E-state index in [0.717, 1.165) is 18.5 Å². The molecule has 1 fully saturated rings. The maximum atomic E-state index is 12.7. The van der Waals surface area contributed by atoms with Crippen LogP contribution in [0.5, 0.6) is 0 Å². The van der Waals surface area contributed by atoms with Gasteiger partial charge in [0.1, 0.15) is 5.52 Å². The third-order valence-electron chi connectivity index (χ3n) is 5.92. The van der Waals surface area contributed by atoms with Crippen LogP contribution < -0.4 is 16.0 Å². The average molecular weight is 546 g/mol. The second-order valence-electron chi connectivity index (χ2n) is 8.49.